The Bertz CT molecular complexity index is 2260. The molecule has 0 unspecified atom stereocenters. The number of benzene rings is 2. The SMILES string of the molecule is Cc1ncnc(C(=O)N2CCN(c3c(C)n(CC(=O)Nc4ccc(C(F)(F)F)cc4Cl)c4nc(-c5ccc(C(C)(C)O)cc5)oc4c3=O)CC2)c1O. The number of hydrogen-bond donors (Lipinski definition) is 3. The van der Waals surface area contributed by atoms with Crippen LogP contribution in [0.5, 0.6) is 5.75 Å². The quantitative estimate of drug-likeness (QED) is 0.200. The van der Waals surface area contributed by atoms with Crippen LogP contribution in [0.1, 0.15) is 46.9 Å². The first kappa shape index (κ1) is 36.3. The summed E-state index contributed by atoms with van der Waals surface area (Å²) in [6.45, 7) is 6.75. The van der Waals surface area contributed by atoms with Gasteiger partial charge in [-0.3, -0.25) is 14.4 Å². The number of alkyl halides is 3. The number of anilines is 2. The van der Waals surface area contributed by atoms with Crippen LogP contribution in [0.3, 0.4) is 0 Å². The predicted molar refractivity (Wildman–Crippen MR) is 185 cm³/mol. The molecule has 1 saturated heterocycles. The molecule has 0 atom stereocenters. The highest BCUT2D eigenvalue weighted by Crippen LogP contribution is 2.34. The Morgan fingerprint density at radius 1 is 1.00 bits per heavy atom. The van der Waals surface area contributed by atoms with Crippen molar-refractivity contribution in [1.82, 2.24) is 24.4 Å². The molecule has 0 spiro atoms. The molecule has 1 fully saturated rings. The number of oxazole rings is 1. The summed E-state index contributed by atoms with van der Waals surface area (Å²) in [6.07, 6.45) is -3.44. The second-order valence-electron chi connectivity index (χ2n) is 12.8. The molecule has 0 bridgehead atoms. The van der Waals surface area contributed by atoms with Gasteiger partial charge < -0.3 is 34.3 Å². The molecule has 52 heavy (non-hydrogen) atoms. The Balaban J connectivity index is 1.35. The number of aryl methyl sites for hydroxylation is 1. The molecule has 1 aliphatic heterocycles. The minimum Gasteiger partial charge on any atom is -0.504 e. The highest BCUT2D eigenvalue weighted by Gasteiger charge is 2.32. The number of piperazine rings is 1. The molecule has 0 radical (unpaired) electrons. The van der Waals surface area contributed by atoms with Crippen LogP contribution < -0.4 is 15.6 Å². The maximum atomic E-state index is 14.1. The fraction of sp³-hybridized carbons (Fsp3) is 0.314. The van der Waals surface area contributed by atoms with Crippen molar-refractivity contribution >= 4 is 46.0 Å². The Morgan fingerprint density at radius 2 is 1.65 bits per heavy atom. The van der Waals surface area contributed by atoms with E-state index in [0.717, 1.165) is 12.1 Å². The summed E-state index contributed by atoms with van der Waals surface area (Å²) in [7, 11) is 0. The summed E-state index contributed by atoms with van der Waals surface area (Å²) in [4.78, 5) is 56.4. The zero-order chi connectivity index (χ0) is 37.7. The van der Waals surface area contributed by atoms with Crippen LogP contribution in [0, 0.1) is 13.8 Å². The number of carbonyl (C=O) groups is 2. The van der Waals surface area contributed by atoms with Crippen LogP contribution in [0.15, 0.2) is 58.0 Å². The van der Waals surface area contributed by atoms with Crippen LogP contribution in [0.2, 0.25) is 5.02 Å². The Hall–Kier alpha value is -5.48. The lowest BCUT2D eigenvalue weighted by molar-refractivity contribution is -0.137. The molecule has 4 heterocycles. The number of rotatable bonds is 7. The average molecular weight is 740 g/mol. The molecule has 2 aromatic carbocycles. The molecule has 5 aromatic rings. The third-order valence-corrected chi connectivity index (χ3v) is 9.15. The molecule has 17 heteroatoms. The lowest BCUT2D eigenvalue weighted by Crippen LogP contribution is -2.50. The number of nitrogens with one attached hydrogen (secondary N) is 1. The zero-order valence-corrected chi connectivity index (χ0v) is 29.1. The van der Waals surface area contributed by atoms with E-state index in [1.165, 1.54) is 15.8 Å². The van der Waals surface area contributed by atoms with Gasteiger partial charge in [-0.1, -0.05) is 23.7 Å². The van der Waals surface area contributed by atoms with E-state index in [9.17, 15) is 37.8 Å². The normalized spacial score (nSPS) is 13.9. The molecule has 6 rings (SSSR count). The number of aromatic nitrogens is 4. The van der Waals surface area contributed by atoms with Crippen molar-refractivity contribution in [2.24, 2.45) is 0 Å². The van der Waals surface area contributed by atoms with Crippen LogP contribution in [0.4, 0.5) is 24.5 Å². The summed E-state index contributed by atoms with van der Waals surface area (Å²) in [5.74, 6) is -1.41. The summed E-state index contributed by atoms with van der Waals surface area (Å²) in [6, 6.07) is 9.29. The van der Waals surface area contributed by atoms with Crippen molar-refractivity contribution in [2.75, 3.05) is 36.4 Å². The molecule has 3 aromatic heterocycles. The average Bonchev–Trinajstić information content (AvgIpc) is 3.54. The molecule has 1 aliphatic rings. The topological polar surface area (TPSA) is 167 Å². The minimum absolute atomic E-state index is 0.0462. The van der Waals surface area contributed by atoms with Gasteiger partial charge in [0.05, 0.1) is 27.6 Å². The molecular weight excluding hydrogens is 707 g/mol. The molecule has 0 saturated carbocycles. The number of carbonyl (C=O) groups excluding carboxylic acids is 2. The number of aromatic hydroxyl groups is 1. The number of amides is 2. The van der Waals surface area contributed by atoms with Crippen LogP contribution in [-0.2, 0) is 23.1 Å². The third-order valence-electron chi connectivity index (χ3n) is 8.84. The standard InChI is InChI=1S/C35H33ClF3N7O6/c1-18-28(48)26(41-17-40-18)33(50)45-13-11-44(12-14-45)27-19(2)46(16-25(47)42-24-10-9-22(15-23(24)36)35(37,38)39)31-30(29(27)49)52-32(43-31)20-5-7-21(8-6-20)34(3,4)51/h5-10,15,17,48,51H,11-14,16H2,1-4H3,(H,42,47). The van der Waals surface area contributed by atoms with Gasteiger partial charge in [0.1, 0.15) is 18.6 Å². The van der Waals surface area contributed by atoms with Crippen molar-refractivity contribution < 1.29 is 37.4 Å². The van der Waals surface area contributed by atoms with E-state index < -0.39 is 41.1 Å². The van der Waals surface area contributed by atoms with Crippen molar-refractivity contribution in [1.29, 1.82) is 0 Å². The van der Waals surface area contributed by atoms with Gasteiger partial charge in [0.15, 0.2) is 17.1 Å². The van der Waals surface area contributed by atoms with Crippen LogP contribution in [0.25, 0.3) is 22.7 Å². The smallest absolute Gasteiger partial charge is 0.416 e. The summed E-state index contributed by atoms with van der Waals surface area (Å²) in [5.41, 5.74) is -0.968. The van der Waals surface area contributed by atoms with Gasteiger partial charge in [0, 0.05) is 37.4 Å². The predicted octanol–water partition coefficient (Wildman–Crippen LogP) is 5.27. The van der Waals surface area contributed by atoms with Crippen molar-refractivity contribution in [3.63, 3.8) is 0 Å². The lowest BCUT2D eigenvalue weighted by atomic mass is 9.97. The number of nitrogens with zero attached hydrogens (tertiary/aromatic N) is 6. The Morgan fingerprint density at radius 3 is 2.27 bits per heavy atom. The summed E-state index contributed by atoms with van der Waals surface area (Å²) >= 11 is 6.09. The van der Waals surface area contributed by atoms with Gasteiger partial charge in [0.2, 0.25) is 22.8 Å². The molecule has 2 amide bonds. The largest absolute Gasteiger partial charge is 0.504 e. The van der Waals surface area contributed by atoms with Gasteiger partial charge in [-0.2, -0.15) is 18.2 Å². The van der Waals surface area contributed by atoms with E-state index in [1.807, 2.05) is 0 Å². The van der Waals surface area contributed by atoms with Crippen molar-refractivity contribution in [3.05, 3.63) is 92.2 Å². The van der Waals surface area contributed by atoms with Gasteiger partial charge in [0.25, 0.3) is 5.91 Å². The first-order valence-corrected chi connectivity index (χ1v) is 16.4. The molecule has 13 nitrogen and oxygen atoms in total. The Labute approximate surface area is 299 Å². The highest BCUT2D eigenvalue weighted by atomic mass is 35.5. The fourth-order valence-corrected chi connectivity index (χ4v) is 6.17. The van der Waals surface area contributed by atoms with Gasteiger partial charge >= 0.3 is 6.18 Å². The van der Waals surface area contributed by atoms with Gasteiger partial charge in [-0.15, -0.1) is 0 Å². The number of halogens is 4. The second kappa shape index (κ2) is 13.6. The van der Waals surface area contributed by atoms with Crippen molar-refractivity contribution in [2.45, 2.75) is 46.0 Å². The summed E-state index contributed by atoms with van der Waals surface area (Å²) in [5, 5.41) is 23.0. The summed E-state index contributed by atoms with van der Waals surface area (Å²) < 4.78 is 47.1. The van der Waals surface area contributed by atoms with E-state index in [4.69, 9.17) is 16.0 Å². The van der Waals surface area contributed by atoms with E-state index in [0.29, 0.717) is 22.9 Å². The minimum atomic E-state index is -4.63. The second-order valence-corrected chi connectivity index (χ2v) is 13.2. The highest BCUT2D eigenvalue weighted by molar-refractivity contribution is 6.33. The number of pyridine rings is 1. The molecule has 272 valence electrons. The maximum Gasteiger partial charge on any atom is 0.416 e. The van der Waals surface area contributed by atoms with Gasteiger partial charge in [-0.25, -0.2) is 9.97 Å². The lowest BCUT2D eigenvalue weighted by Gasteiger charge is -2.36. The maximum absolute atomic E-state index is 14.1. The monoisotopic (exact) mass is 739 g/mol. The number of hydrogen-bond acceptors (Lipinski definition) is 10. The van der Waals surface area contributed by atoms with E-state index in [-0.39, 0.29) is 76.8 Å². The number of fused-ring (bicyclic) bond motifs is 1. The number of aliphatic hydroxyl groups is 1. The van der Waals surface area contributed by atoms with E-state index >= 15 is 0 Å². The molecular formula is C35H33ClF3N7O6. The Kier molecular flexibility index (Phi) is 9.48. The molecule has 3 N–H and O–H groups in total. The fourth-order valence-electron chi connectivity index (χ4n) is 5.94. The van der Waals surface area contributed by atoms with Crippen LogP contribution >= 0.6 is 11.6 Å². The van der Waals surface area contributed by atoms with Crippen molar-refractivity contribution in [3.8, 4) is 17.2 Å². The zero-order valence-electron chi connectivity index (χ0n) is 28.4. The van der Waals surface area contributed by atoms with E-state index in [2.05, 4.69) is 20.3 Å². The first-order chi connectivity index (χ1) is 24.4. The van der Waals surface area contributed by atoms with Crippen LogP contribution in [-0.4, -0.2) is 72.6 Å². The van der Waals surface area contributed by atoms with E-state index in [1.54, 1.807) is 56.9 Å². The van der Waals surface area contributed by atoms with Gasteiger partial charge in [-0.05, 0) is 63.6 Å². The first-order valence-electron chi connectivity index (χ1n) is 16.0. The third kappa shape index (κ3) is 7.03. The molecule has 0 aliphatic carbocycles.